The van der Waals surface area contributed by atoms with Gasteiger partial charge in [-0.3, -0.25) is 9.59 Å². The molecular weight excluding hydrogens is 227 g/mol. The molecule has 1 saturated carbocycles. The van der Waals surface area contributed by atoms with Gasteiger partial charge in [-0.1, -0.05) is 0 Å². The van der Waals surface area contributed by atoms with E-state index in [0.29, 0.717) is 12.8 Å². The highest BCUT2D eigenvalue weighted by molar-refractivity contribution is 7.43. The van der Waals surface area contributed by atoms with Crippen LogP contribution in [0.5, 0.6) is 0 Å². The van der Waals surface area contributed by atoms with Gasteiger partial charge < -0.3 is 24.0 Å². The molecule has 0 amide bonds. The molecule has 0 aromatic carbocycles. The Morgan fingerprint density at radius 3 is 2.40 bits per heavy atom. The van der Waals surface area contributed by atoms with Crippen LogP contribution in [0.15, 0.2) is 0 Å². The fourth-order valence-electron chi connectivity index (χ4n) is 0.948. The van der Waals surface area contributed by atoms with Crippen molar-refractivity contribution in [3.8, 4) is 0 Å². The van der Waals surface area contributed by atoms with Gasteiger partial charge in [0.05, 0.1) is 14.4 Å². The zero-order chi connectivity index (χ0) is 11.6. The topological polar surface area (TPSA) is 127 Å². The maximum absolute atomic E-state index is 11.1. The largest absolute Gasteiger partial charge is 0.790 e. The lowest BCUT2D eigenvalue weighted by Gasteiger charge is -2.29. The Labute approximate surface area is 85.3 Å². The van der Waals surface area contributed by atoms with E-state index in [-0.39, 0.29) is 5.92 Å². The molecule has 7 nitrogen and oxygen atoms in total. The standard InChI is InChI=1S/C7H11O7P/c8-5(3-14-15(11,12)13)7(10)6(9)4-1-2-4/h4-5,8H,1-3H2,(H2,11,12,13)/p-2. The van der Waals surface area contributed by atoms with Crippen molar-refractivity contribution in [3.05, 3.63) is 0 Å². The fourth-order valence-corrected chi connectivity index (χ4v) is 1.27. The third-order valence-electron chi connectivity index (χ3n) is 1.88. The second-order valence-corrected chi connectivity index (χ2v) is 4.41. The Morgan fingerprint density at radius 2 is 2.00 bits per heavy atom. The van der Waals surface area contributed by atoms with Crippen LogP contribution in [-0.2, 0) is 18.7 Å². The predicted octanol–water partition coefficient (Wildman–Crippen LogP) is -2.26. The highest BCUT2D eigenvalue weighted by atomic mass is 31.2. The van der Waals surface area contributed by atoms with Crippen LogP contribution >= 0.6 is 7.82 Å². The molecule has 0 bridgehead atoms. The van der Waals surface area contributed by atoms with Gasteiger partial charge in [0.2, 0.25) is 11.6 Å². The average Bonchev–Trinajstić information content (AvgIpc) is 2.93. The van der Waals surface area contributed by atoms with E-state index in [1.165, 1.54) is 0 Å². The number of carbonyl (C=O) groups excluding carboxylic acids is 2. The summed E-state index contributed by atoms with van der Waals surface area (Å²) in [5.74, 6) is -2.21. The van der Waals surface area contributed by atoms with Gasteiger partial charge in [-0.05, 0) is 12.8 Å². The van der Waals surface area contributed by atoms with Crippen LogP contribution in [0.3, 0.4) is 0 Å². The van der Waals surface area contributed by atoms with E-state index >= 15 is 0 Å². The van der Waals surface area contributed by atoms with Crippen molar-refractivity contribution in [2.45, 2.75) is 18.9 Å². The van der Waals surface area contributed by atoms with E-state index in [4.69, 9.17) is 5.11 Å². The average molecular weight is 236 g/mol. The van der Waals surface area contributed by atoms with Crippen LogP contribution in [0.4, 0.5) is 0 Å². The lowest BCUT2D eigenvalue weighted by atomic mass is 10.1. The van der Waals surface area contributed by atoms with Crippen molar-refractivity contribution in [3.63, 3.8) is 0 Å². The zero-order valence-electron chi connectivity index (χ0n) is 7.62. The van der Waals surface area contributed by atoms with E-state index in [2.05, 4.69) is 4.52 Å². The number of ketones is 2. The van der Waals surface area contributed by atoms with Crippen LogP contribution in [-0.4, -0.2) is 29.4 Å². The number of hydrogen-bond donors (Lipinski definition) is 1. The van der Waals surface area contributed by atoms with E-state index < -0.39 is 32.1 Å². The number of phosphoric acid groups is 1. The van der Waals surface area contributed by atoms with Crippen molar-refractivity contribution < 1.29 is 33.6 Å². The van der Waals surface area contributed by atoms with Gasteiger partial charge >= 0.3 is 0 Å². The van der Waals surface area contributed by atoms with E-state index in [0.717, 1.165) is 0 Å². The van der Waals surface area contributed by atoms with Gasteiger partial charge in [0.25, 0.3) is 0 Å². The van der Waals surface area contributed by atoms with Crippen molar-refractivity contribution in [2.24, 2.45) is 5.92 Å². The number of hydrogen-bond acceptors (Lipinski definition) is 7. The van der Waals surface area contributed by atoms with Crippen molar-refractivity contribution in [1.29, 1.82) is 0 Å². The van der Waals surface area contributed by atoms with Gasteiger partial charge in [0.1, 0.15) is 6.10 Å². The molecule has 0 radical (unpaired) electrons. The first-order valence-corrected chi connectivity index (χ1v) is 5.70. The summed E-state index contributed by atoms with van der Waals surface area (Å²) >= 11 is 0. The van der Waals surface area contributed by atoms with Gasteiger partial charge in [0.15, 0.2) is 0 Å². The quantitative estimate of drug-likeness (QED) is 0.407. The van der Waals surface area contributed by atoms with Crippen LogP contribution in [0.25, 0.3) is 0 Å². The highest BCUT2D eigenvalue weighted by Gasteiger charge is 2.36. The Hall–Kier alpha value is -0.590. The molecule has 0 heterocycles. The molecule has 1 aliphatic rings. The molecule has 1 atom stereocenters. The van der Waals surface area contributed by atoms with Gasteiger partial charge in [-0.15, -0.1) is 0 Å². The summed E-state index contributed by atoms with van der Waals surface area (Å²) in [7, 11) is -5.22. The number of aliphatic hydroxyl groups is 1. The summed E-state index contributed by atoms with van der Waals surface area (Å²) in [6, 6.07) is 0. The third kappa shape index (κ3) is 4.19. The van der Waals surface area contributed by atoms with Crippen molar-refractivity contribution in [2.75, 3.05) is 6.61 Å². The van der Waals surface area contributed by atoms with E-state index in [1.807, 2.05) is 0 Å². The zero-order valence-corrected chi connectivity index (χ0v) is 8.51. The first kappa shape index (κ1) is 12.5. The Balaban J connectivity index is 2.39. The molecule has 1 N–H and O–H groups in total. The highest BCUT2D eigenvalue weighted by Crippen LogP contribution is 2.30. The summed E-state index contributed by atoms with van der Waals surface area (Å²) in [6.45, 7) is -0.998. The minimum atomic E-state index is -5.22. The number of rotatable bonds is 6. The number of carbonyl (C=O) groups is 2. The van der Waals surface area contributed by atoms with Crippen LogP contribution in [0, 0.1) is 5.92 Å². The molecular formula is C7H9O7P-2. The first-order chi connectivity index (χ1) is 6.81. The summed E-state index contributed by atoms with van der Waals surface area (Å²) in [5.41, 5.74) is 0. The van der Waals surface area contributed by atoms with Crippen LogP contribution in [0.2, 0.25) is 0 Å². The maximum Gasteiger partial charge on any atom is 0.229 e. The smallest absolute Gasteiger partial charge is 0.229 e. The molecule has 8 heteroatoms. The van der Waals surface area contributed by atoms with Crippen LogP contribution in [0.1, 0.15) is 12.8 Å². The number of Topliss-reactive ketones (excluding diaryl/α,β-unsaturated/α-hetero) is 2. The second kappa shape index (κ2) is 4.51. The monoisotopic (exact) mass is 236 g/mol. The molecule has 15 heavy (non-hydrogen) atoms. The minimum absolute atomic E-state index is 0.363. The molecule has 1 fully saturated rings. The Bertz CT molecular complexity index is 315. The number of phosphoric ester groups is 1. The third-order valence-corrected chi connectivity index (χ3v) is 2.35. The maximum atomic E-state index is 11.1. The summed E-state index contributed by atoms with van der Waals surface area (Å²) in [5, 5.41) is 9.03. The molecule has 1 unspecified atom stereocenters. The van der Waals surface area contributed by atoms with E-state index in [1.54, 1.807) is 0 Å². The normalized spacial score (nSPS) is 18.6. The molecule has 0 aliphatic heterocycles. The molecule has 0 saturated heterocycles. The SMILES string of the molecule is O=C(C(=O)C1CC1)C(O)COP(=O)([O-])[O-]. The molecule has 86 valence electrons. The van der Waals surface area contributed by atoms with Gasteiger partial charge in [0, 0.05) is 5.92 Å². The first-order valence-electron chi connectivity index (χ1n) is 4.24. The van der Waals surface area contributed by atoms with Crippen molar-refractivity contribution >= 4 is 19.4 Å². The van der Waals surface area contributed by atoms with Gasteiger partial charge in [-0.25, -0.2) is 0 Å². The Morgan fingerprint density at radius 1 is 1.47 bits per heavy atom. The Kier molecular flexibility index (Phi) is 3.75. The molecule has 0 spiro atoms. The van der Waals surface area contributed by atoms with E-state index in [9.17, 15) is 23.9 Å². The fraction of sp³-hybridized carbons (Fsp3) is 0.714. The van der Waals surface area contributed by atoms with Gasteiger partial charge in [-0.2, -0.15) is 0 Å². The predicted molar refractivity (Wildman–Crippen MR) is 42.3 cm³/mol. The molecule has 0 aromatic rings. The minimum Gasteiger partial charge on any atom is -0.790 e. The molecule has 1 aliphatic carbocycles. The van der Waals surface area contributed by atoms with Crippen LogP contribution < -0.4 is 9.79 Å². The second-order valence-electron chi connectivity index (χ2n) is 3.26. The summed E-state index contributed by atoms with van der Waals surface area (Å²) in [6.07, 6.45) is -0.686. The lowest BCUT2D eigenvalue weighted by molar-refractivity contribution is -0.342. The summed E-state index contributed by atoms with van der Waals surface area (Å²) < 4.78 is 13.7. The summed E-state index contributed by atoms with van der Waals surface area (Å²) in [4.78, 5) is 42.2. The lowest BCUT2D eigenvalue weighted by Crippen LogP contribution is -2.34. The molecule has 1 rings (SSSR count). The van der Waals surface area contributed by atoms with Crippen molar-refractivity contribution in [1.82, 2.24) is 0 Å². The molecule has 0 aromatic heterocycles. The number of aliphatic hydroxyl groups excluding tert-OH is 1.